The molecule has 0 heterocycles. The molecule has 0 bridgehead atoms. The van der Waals surface area contributed by atoms with Gasteiger partial charge in [-0.1, -0.05) is 6.07 Å². The lowest BCUT2D eigenvalue weighted by molar-refractivity contribution is -0.116. The number of benzene rings is 1. The van der Waals surface area contributed by atoms with Gasteiger partial charge in [-0.05, 0) is 45.7 Å². The Balaban J connectivity index is 2.36. The highest BCUT2D eigenvalue weighted by Crippen LogP contribution is 2.18. The number of carbonyl (C=O) groups excluding carboxylic acids is 1. The van der Waals surface area contributed by atoms with E-state index in [0.29, 0.717) is 12.8 Å². The van der Waals surface area contributed by atoms with Crippen molar-refractivity contribution in [3.8, 4) is 0 Å². The molecular formula is C15H22F2N2O3S. The quantitative estimate of drug-likeness (QED) is 0.744. The summed E-state index contributed by atoms with van der Waals surface area (Å²) in [6.45, 7) is 4.98. The highest BCUT2D eigenvalue weighted by molar-refractivity contribution is 7.90. The van der Waals surface area contributed by atoms with Gasteiger partial charge in [-0.25, -0.2) is 21.9 Å². The fourth-order valence-electron chi connectivity index (χ4n) is 1.65. The molecule has 0 atom stereocenters. The molecular weight excluding hydrogens is 326 g/mol. The Morgan fingerprint density at radius 1 is 1.13 bits per heavy atom. The summed E-state index contributed by atoms with van der Waals surface area (Å²) in [6.07, 6.45) is 0.891. The first-order chi connectivity index (χ1) is 10.5. The number of rotatable bonds is 7. The van der Waals surface area contributed by atoms with Crippen LogP contribution in [0.1, 0.15) is 40.0 Å². The van der Waals surface area contributed by atoms with Gasteiger partial charge in [0.05, 0.1) is 4.75 Å². The van der Waals surface area contributed by atoms with Gasteiger partial charge in [-0.15, -0.1) is 0 Å². The first kappa shape index (κ1) is 19.5. The van der Waals surface area contributed by atoms with Crippen molar-refractivity contribution in [1.29, 1.82) is 0 Å². The lowest BCUT2D eigenvalue weighted by Crippen LogP contribution is -2.39. The van der Waals surface area contributed by atoms with E-state index in [1.54, 1.807) is 20.8 Å². The van der Waals surface area contributed by atoms with Crippen molar-refractivity contribution in [1.82, 2.24) is 4.72 Å². The standard InChI is InChI=1S/C15H22F2N2O3S/c1-15(2,3)23(21,22)18-10-5-4-9-13(20)19-14-11(16)7-6-8-12(14)17/h6-8,18H,4-5,9-10H2,1-3H3,(H,19,20). The Bertz CT molecular complexity index is 635. The molecule has 0 aromatic heterocycles. The zero-order chi connectivity index (χ0) is 17.7. The van der Waals surface area contributed by atoms with E-state index in [4.69, 9.17) is 0 Å². The van der Waals surface area contributed by atoms with Gasteiger partial charge >= 0.3 is 0 Å². The Labute approximate surface area is 135 Å². The minimum atomic E-state index is -3.41. The molecule has 0 aliphatic carbocycles. The maximum atomic E-state index is 13.4. The summed E-state index contributed by atoms with van der Waals surface area (Å²) in [5.41, 5.74) is -0.467. The molecule has 0 unspecified atom stereocenters. The summed E-state index contributed by atoms with van der Waals surface area (Å²) < 4.78 is 51.9. The van der Waals surface area contributed by atoms with Crippen LogP contribution in [0.15, 0.2) is 18.2 Å². The number of nitrogens with one attached hydrogen (secondary N) is 2. The normalized spacial score (nSPS) is 12.2. The third-order valence-electron chi connectivity index (χ3n) is 3.16. The summed E-state index contributed by atoms with van der Waals surface area (Å²) in [7, 11) is -3.41. The summed E-state index contributed by atoms with van der Waals surface area (Å²) in [5.74, 6) is -2.19. The van der Waals surface area contributed by atoms with Crippen LogP contribution in [-0.2, 0) is 14.8 Å². The molecule has 23 heavy (non-hydrogen) atoms. The van der Waals surface area contributed by atoms with Crippen molar-refractivity contribution in [2.45, 2.75) is 44.8 Å². The predicted octanol–water partition coefficient (Wildman–Crippen LogP) is 2.79. The highest BCUT2D eigenvalue weighted by Gasteiger charge is 2.27. The fraction of sp³-hybridized carbons (Fsp3) is 0.533. The SMILES string of the molecule is CC(C)(C)S(=O)(=O)NCCCCC(=O)Nc1c(F)cccc1F. The smallest absolute Gasteiger partial charge is 0.224 e. The molecule has 0 radical (unpaired) electrons. The molecule has 1 rings (SSSR count). The number of hydrogen-bond acceptors (Lipinski definition) is 3. The van der Waals surface area contributed by atoms with E-state index in [-0.39, 0.29) is 13.0 Å². The first-order valence-corrected chi connectivity index (χ1v) is 8.76. The van der Waals surface area contributed by atoms with E-state index in [0.717, 1.165) is 12.1 Å². The number of hydrogen-bond donors (Lipinski definition) is 2. The second kappa shape index (κ2) is 7.83. The topological polar surface area (TPSA) is 75.3 Å². The summed E-state index contributed by atoms with van der Waals surface area (Å²) in [5, 5.41) is 2.18. The van der Waals surface area contributed by atoms with Crippen molar-refractivity contribution in [2.75, 3.05) is 11.9 Å². The molecule has 1 amide bonds. The maximum Gasteiger partial charge on any atom is 0.224 e. The lowest BCUT2D eigenvalue weighted by Gasteiger charge is -2.19. The maximum absolute atomic E-state index is 13.4. The van der Waals surface area contributed by atoms with Gasteiger partial charge in [0, 0.05) is 13.0 Å². The van der Waals surface area contributed by atoms with E-state index in [1.165, 1.54) is 6.07 Å². The average molecular weight is 348 g/mol. The molecule has 0 saturated heterocycles. The van der Waals surface area contributed by atoms with Crippen molar-refractivity contribution in [2.24, 2.45) is 0 Å². The average Bonchev–Trinajstić information content (AvgIpc) is 2.41. The minimum Gasteiger partial charge on any atom is -0.321 e. The Morgan fingerprint density at radius 3 is 2.22 bits per heavy atom. The molecule has 2 N–H and O–H groups in total. The van der Waals surface area contributed by atoms with E-state index >= 15 is 0 Å². The van der Waals surface area contributed by atoms with Crippen LogP contribution in [0.25, 0.3) is 0 Å². The molecule has 130 valence electrons. The molecule has 5 nitrogen and oxygen atoms in total. The third kappa shape index (κ3) is 5.87. The van der Waals surface area contributed by atoms with E-state index in [2.05, 4.69) is 10.0 Å². The number of unbranched alkanes of at least 4 members (excludes halogenated alkanes) is 1. The molecule has 0 spiro atoms. The molecule has 0 fully saturated rings. The van der Waals surface area contributed by atoms with Crippen LogP contribution in [0.5, 0.6) is 0 Å². The molecule has 1 aromatic carbocycles. The monoisotopic (exact) mass is 348 g/mol. The summed E-state index contributed by atoms with van der Waals surface area (Å²) in [4.78, 5) is 11.7. The van der Waals surface area contributed by atoms with E-state index in [1.807, 2.05) is 0 Å². The van der Waals surface area contributed by atoms with Crippen molar-refractivity contribution in [3.05, 3.63) is 29.8 Å². The van der Waals surface area contributed by atoms with Crippen LogP contribution in [0, 0.1) is 11.6 Å². The number of amides is 1. The van der Waals surface area contributed by atoms with Crippen molar-refractivity contribution in [3.63, 3.8) is 0 Å². The largest absolute Gasteiger partial charge is 0.321 e. The molecule has 0 saturated carbocycles. The van der Waals surface area contributed by atoms with Crippen molar-refractivity contribution < 1.29 is 22.0 Å². The number of para-hydroxylation sites is 1. The predicted molar refractivity (Wildman–Crippen MR) is 85.5 cm³/mol. The van der Waals surface area contributed by atoms with Gasteiger partial charge < -0.3 is 5.32 Å². The van der Waals surface area contributed by atoms with Crippen LogP contribution in [-0.4, -0.2) is 25.6 Å². The number of anilines is 1. The van der Waals surface area contributed by atoms with Gasteiger partial charge in [-0.2, -0.15) is 0 Å². The Kier molecular flexibility index (Phi) is 6.64. The van der Waals surface area contributed by atoms with Crippen LogP contribution in [0.3, 0.4) is 0 Å². The van der Waals surface area contributed by atoms with Crippen LogP contribution >= 0.6 is 0 Å². The second-order valence-corrected chi connectivity index (χ2v) is 8.63. The highest BCUT2D eigenvalue weighted by atomic mass is 32.2. The van der Waals surface area contributed by atoms with E-state index in [9.17, 15) is 22.0 Å². The number of carbonyl (C=O) groups is 1. The summed E-state index contributed by atoms with van der Waals surface area (Å²) in [6, 6.07) is 3.32. The Hall–Kier alpha value is -1.54. The van der Waals surface area contributed by atoms with E-state index < -0.39 is 38.0 Å². The molecule has 8 heteroatoms. The fourth-order valence-corrected chi connectivity index (χ4v) is 2.50. The lowest BCUT2D eigenvalue weighted by atomic mass is 10.2. The first-order valence-electron chi connectivity index (χ1n) is 7.27. The zero-order valence-electron chi connectivity index (χ0n) is 13.4. The van der Waals surface area contributed by atoms with Crippen LogP contribution in [0.4, 0.5) is 14.5 Å². The van der Waals surface area contributed by atoms with Gasteiger partial charge in [0.2, 0.25) is 15.9 Å². The zero-order valence-corrected chi connectivity index (χ0v) is 14.3. The van der Waals surface area contributed by atoms with Gasteiger partial charge in [0.1, 0.15) is 17.3 Å². The molecule has 1 aromatic rings. The summed E-state index contributed by atoms with van der Waals surface area (Å²) >= 11 is 0. The molecule has 0 aliphatic heterocycles. The second-order valence-electron chi connectivity index (χ2n) is 6.11. The van der Waals surface area contributed by atoms with Crippen molar-refractivity contribution >= 4 is 21.6 Å². The van der Waals surface area contributed by atoms with Gasteiger partial charge in [-0.3, -0.25) is 4.79 Å². The van der Waals surface area contributed by atoms with Crippen LogP contribution in [0.2, 0.25) is 0 Å². The van der Waals surface area contributed by atoms with Gasteiger partial charge in [0.15, 0.2) is 0 Å². The van der Waals surface area contributed by atoms with Gasteiger partial charge in [0.25, 0.3) is 0 Å². The molecule has 0 aliphatic rings. The number of sulfonamides is 1. The Morgan fingerprint density at radius 2 is 1.70 bits per heavy atom. The minimum absolute atomic E-state index is 0.0466. The number of halogens is 2. The third-order valence-corrected chi connectivity index (χ3v) is 5.35. The van der Waals surface area contributed by atoms with Crippen LogP contribution < -0.4 is 10.0 Å².